The molecule has 2 aliphatic carbocycles. The van der Waals surface area contributed by atoms with Crippen LogP contribution in [-0.2, 0) is 10.2 Å². The molecule has 0 aliphatic heterocycles. The van der Waals surface area contributed by atoms with E-state index < -0.39 is 17.5 Å². The molecule has 2 fully saturated rings. The van der Waals surface area contributed by atoms with Gasteiger partial charge in [-0.25, -0.2) is 4.98 Å². The Labute approximate surface area is 96.9 Å². The molecule has 2 aliphatic rings. The number of nitrogens with zero attached hydrogens (tertiary/aromatic N) is 1. The van der Waals surface area contributed by atoms with Crippen molar-refractivity contribution >= 4 is 17.3 Å². The number of aliphatic carboxylic acids is 1. The van der Waals surface area contributed by atoms with E-state index in [0.717, 1.165) is 5.01 Å². The van der Waals surface area contributed by atoms with Crippen LogP contribution in [0.4, 0.5) is 0 Å². The molecule has 86 valence electrons. The number of rotatable bonds is 3. The van der Waals surface area contributed by atoms with Crippen molar-refractivity contribution in [3.8, 4) is 0 Å². The van der Waals surface area contributed by atoms with Gasteiger partial charge in [-0.05, 0) is 25.7 Å². The van der Waals surface area contributed by atoms with Crippen LogP contribution in [0.15, 0.2) is 5.38 Å². The predicted molar refractivity (Wildman–Crippen MR) is 58.6 cm³/mol. The lowest BCUT2D eigenvalue weighted by atomic mass is 9.65. The molecule has 0 bridgehead atoms. The van der Waals surface area contributed by atoms with Gasteiger partial charge in [0.05, 0.1) is 16.8 Å². The summed E-state index contributed by atoms with van der Waals surface area (Å²) in [4.78, 5) is 15.7. The Kier molecular flexibility index (Phi) is 2.09. The topological polar surface area (TPSA) is 70.4 Å². The van der Waals surface area contributed by atoms with Crippen LogP contribution in [0.25, 0.3) is 0 Å². The first kappa shape index (κ1) is 10.2. The van der Waals surface area contributed by atoms with Gasteiger partial charge in [0.25, 0.3) is 0 Å². The third-order valence-corrected chi connectivity index (χ3v) is 4.52. The fourth-order valence-corrected chi connectivity index (χ4v) is 3.35. The van der Waals surface area contributed by atoms with Crippen molar-refractivity contribution < 1.29 is 15.0 Å². The molecule has 5 heteroatoms. The molecule has 0 amide bonds. The van der Waals surface area contributed by atoms with Crippen LogP contribution in [0, 0.1) is 0 Å². The van der Waals surface area contributed by atoms with E-state index in [-0.39, 0.29) is 0 Å². The Morgan fingerprint density at radius 1 is 1.50 bits per heavy atom. The Morgan fingerprint density at radius 2 is 2.19 bits per heavy atom. The summed E-state index contributed by atoms with van der Waals surface area (Å²) in [5, 5.41) is 21.5. The molecule has 16 heavy (non-hydrogen) atoms. The summed E-state index contributed by atoms with van der Waals surface area (Å²) in [6.45, 7) is 0. The van der Waals surface area contributed by atoms with Gasteiger partial charge in [0.15, 0.2) is 0 Å². The zero-order chi connectivity index (χ0) is 11.3. The number of hydrogen-bond donors (Lipinski definition) is 2. The van der Waals surface area contributed by atoms with Gasteiger partial charge in [-0.15, -0.1) is 11.3 Å². The fraction of sp³-hybridized carbons (Fsp3) is 0.636. The molecule has 0 saturated heterocycles. The summed E-state index contributed by atoms with van der Waals surface area (Å²) in [5.41, 5.74) is -0.263. The van der Waals surface area contributed by atoms with Crippen molar-refractivity contribution in [2.45, 2.75) is 43.1 Å². The van der Waals surface area contributed by atoms with Gasteiger partial charge in [0.2, 0.25) is 0 Å². The number of aromatic nitrogens is 1. The predicted octanol–water partition coefficient (Wildman–Crippen LogP) is 1.50. The maximum Gasteiger partial charge on any atom is 0.315 e. The average molecular weight is 239 g/mol. The fourth-order valence-electron chi connectivity index (χ4n) is 2.26. The van der Waals surface area contributed by atoms with Gasteiger partial charge in [-0.2, -0.15) is 0 Å². The minimum atomic E-state index is -0.914. The van der Waals surface area contributed by atoms with E-state index in [4.69, 9.17) is 0 Å². The second-order valence-corrected chi connectivity index (χ2v) is 5.68. The highest BCUT2D eigenvalue weighted by atomic mass is 32.1. The molecular weight excluding hydrogens is 226 g/mol. The lowest BCUT2D eigenvalue weighted by molar-refractivity contribution is -0.153. The highest BCUT2D eigenvalue weighted by Crippen LogP contribution is 2.47. The Morgan fingerprint density at radius 3 is 2.69 bits per heavy atom. The minimum Gasteiger partial charge on any atom is -0.481 e. The quantitative estimate of drug-likeness (QED) is 0.838. The molecule has 1 heterocycles. The van der Waals surface area contributed by atoms with Gasteiger partial charge in [-0.3, -0.25) is 4.79 Å². The normalized spacial score (nSPS) is 33.4. The smallest absolute Gasteiger partial charge is 0.315 e. The van der Waals surface area contributed by atoms with Gasteiger partial charge >= 0.3 is 5.97 Å². The lowest BCUT2D eigenvalue weighted by Gasteiger charge is -2.40. The van der Waals surface area contributed by atoms with Gasteiger partial charge in [-0.1, -0.05) is 0 Å². The van der Waals surface area contributed by atoms with E-state index in [1.54, 1.807) is 11.3 Å². The highest BCUT2D eigenvalue weighted by molar-refractivity contribution is 7.09. The monoisotopic (exact) mass is 239 g/mol. The zero-order valence-corrected chi connectivity index (χ0v) is 9.54. The number of carbonyl (C=O) groups is 1. The van der Waals surface area contributed by atoms with Crippen molar-refractivity contribution in [2.75, 3.05) is 0 Å². The summed E-state index contributed by atoms with van der Waals surface area (Å²) < 4.78 is 0. The molecule has 2 N–H and O–H groups in total. The zero-order valence-electron chi connectivity index (χ0n) is 8.72. The average Bonchev–Trinajstić information content (AvgIpc) is 2.92. The van der Waals surface area contributed by atoms with Crippen molar-refractivity contribution in [3.05, 3.63) is 16.1 Å². The minimum absolute atomic E-state index is 0.302. The first-order valence-electron chi connectivity index (χ1n) is 5.49. The second-order valence-electron chi connectivity index (χ2n) is 4.79. The third kappa shape index (κ3) is 1.38. The van der Waals surface area contributed by atoms with E-state index in [9.17, 15) is 15.0 Å². The van der Waals surface area contributed by atoms with Gasteiger partial charge in [0, 0.05) is 11.3 Å². The summed E-state index contributed by atoms with van der Waals surface area (Å²) in [7, 11) is 0. The molecule has 1 aromatic heterocycles. The van der Waals surface area contributed by atoms with E-state index in [1.165, 1.54) is 12.8 Å². The number of carboxylic acid groups (broad SMARTS) is 1. The van der Waals surface area contributed by atoms with Gasteiger partial charge in [0.1, 0.15) is 5.41 Å². The number of carboxylic acids is 1. The van der Waals surface area contributed by atoms with E-state index >= 15 is 0 Å². The maximum atomic E-state index is 11.3. The number of aliphatic hydroxyl groups excluding tert-OH is 1. The third-order valence-electron chi connectivity index (χ3n) is 3.52. The maximum absolute atomic E-state index is 11.3. The lowest BCUT2D eigenvalue weighted by Crippen LogP contribution is -2.50. The van der Waals surface area contributed by atoms with Crippen molar-refractivity contribution in [1.82, 2.24) is 4.98 Å². The van der Waals surface area contributed by atoms with Crippen LogP contribution in [0.2, 0.25) is 0 Å². The van der Waals surface area contributed by atoms with Crippen LogP contribution < -0.4 is 0 Å². The molecule has 0 spiro atoms. The standard InChI is InChI=1S/C11H13NO3S/c13-7-3-11(4-7,10(14)15)8-5-16-9(12-8)6-1-2-6/h5-7,13H,1-4H2,(H,14,15). The van der Waals surface area contributed by atoms with E-state index in [2.05, 4.69) is 4.98 Å². The van der Waals surface area contributed by atoms with Crippen molar-refractivity contribution in [1.29, 1.82) is 0 Å². The van der Waals surface area contributed by atoms with Crippen molar-refractivity contribution in [3.63, 3.8) is 0 Å². The molecule has 0 unspecified atom stereocenters. The number of thiazole rings is 1. The summed E-state index contributed by atoms with van der Waals surface area (Å²) in [6.07, 6.45) is 2.47. The molecule has 3 rings (SSSR count). The van der Waals surface area contributed by atoms with Crippen molar-refractivity contribution in [2.24, 2.45) is 0 Å². The molecule has 2 saturated carbocycles. The first-order valence-corrected chi connectivity index (χ1v) is 6.37. The van der Waals surface area contributed by atoms with E-state index in [1.807, 2.05) is 5.38 Å². The summed E-state index contributed by atoms with van der Waals surface area (Å²) >= 11 is 1.56. The molecular formula is C11H13NO3S. The Bertz CT molecular complexity index is 432. The highest BCUT2D eigenvalue weighted by Gasteiger charge is 2.53. The first-order chi connectivity index (χ1) is 7.62. The number of hydrogen-bond acceptors (Lipinski definition) is 4. The SMILES string of the molecule is O=C(O)C1(c2csc(C3CC3)n2)CC(O)C1. The molecule has 0 atom stereocenters. The van der Waals surface area contributed by atoms with Crippen LogP contribution in [0.5, 0.6) is 0 Å². The van der Waals surface area contributed by atoms with Gasteiger partial charge < -0.3 is 10.2 Å². The van der Waals surface area contributed by atoms with Crippen LogP contribution in [-0.4, -0.2) is 27.3 Å². The second kappa shape index (κ2) is 3.28. The molecule has 0 radical (unpaired) electrons. The summed E-state index contributed by atoms with van der Waals surface area (Å²) in [5.74, 6) is -0.292. The largest absolute Gasteiger partial charge is 0.481 e. The molecule has 1 aromatic rings. The Hall–Kier alpha value is -0.940. The Balaban J connectivity index is 1.90. The molecule has 4 nitrogen and oxygen atoms in total. The van der Waals surface area contributed by atoms with Crippen LogP contribution >= 0.6 is 11.3 Å². The number of aliphatic hydroxyl groups is 1. The van der Waals surface area contributed by atoms with Crippen LogP contribution in [0.1, 0.15) is 42.3 Å². The summed E-state index contributed by atoms with van der Waals surface area (Å²) in [6, 6.07) is 0. The molecule has 0 aromatic carbocycles. The van der Waals surface area contributed by atoms with E-state index in [0.29, 0.717) is 24.5 Å². The van der Waals surface area contributed by atoms with Crippen LogP contribution in [0.3, 0.4) is 0 Å².